The molecule has 0 amide bonds. The predicted octanol–water partition coefficient (Wildman–Crippen LogP) is 5.28. The van der Waals surface area contributed by atoms with Crippen LogP contribution in [0.2, 0.25) is 6.32 Å². The quantitative estimate of drug-likeness (QED) is 0.306. The summed E-state index contributed by atoms with van der Waals surface area (Å²) in [4.78, 5) is 0. The second-order valence-corrected chi connectivity index (χ2v) is 11.0. The van der Waals surface area contributed by atoms with Gasteiger partial charge >= 0.3 is 14.2 Å². The molecule has 158 valence electrons. The molecule has 0 saturated carbocycles. The van der Waals surface area contributed by atoms with Crippen LogP contribution < -0.4 is 4.74 Å². The highest BCUT2D eigenvalue weighted by Crippen LogP contribution is 2.42. The molecule has 1 aromatic carbocycles. The van der Waals surface area contributed by atoms with Crippen LogP contribution in [0.1, 0.15) is 55.4 Å². The molecule has 0 aliphatic carbocycles. The van der Waals surface area contributed by atoms with E-state index in [9.17, 15) is 0 Å². The maximum absolute atomic E-state index is 6.27. The average molecular weight is 512 g/mol. The van der Waals surface area contributed by atoms with Gasteiger partial charge in [0.15, 0.2) is 0 Å². The minimum Gasteiger partial charge on any atom is -0.466 e. The van der Waals surface area contributed by atoms with Crippen LogP contribution in [0.3, 0.4) is 0 Å². The summed E-state index contributed by atoms with van der Waals surface area (Å²) in [6.07, 6.45) is 2.21. The molecule has 5 nitrogen and oxygen atoms in total. The van der Waals surface area contributed by atoms with E-state index in [0.717, 1.165) is 14.8 Å². The van der Waals surface area contributed by atoms with Gasteiger partial charge in [-0.05, 0) is 102 Å². The molecule has 0 bridgehead atoms. The van der Waals surface area contributed by atoms with Gasteiger partial charge in [0.1, 0.15) is 5.75 Å². The van der Waals surface area contributed by atoms with Crippen molar-refractivity contribution in [3.8, 4) is 5.75 Å². The zero-order valence-corrected chi connectivity index (χ0v) is 20.8. The van der Waals surface area contributed by atoms with Crippen molar-refractivity contribution in [3.05, 3.63) is 39.6 Å². The molecule has 0 atom stereocenters. The maximum Gasteiger partial charge on any atom is 0.493 e. The number of benzene rings is 1. The van der Waals surface area contributed by atoms with Crippen molar-refractivity contribution in [1.82, 2.24) is 0 Å². The summed E-state index contributed by atoms with van der Waals surface area (Å²) in [6, 6.07) is 7.90. The predicted molar refractivity (Wildman–Crippen MR) is 125 cm³/mol. The van der Waals surface area contributed by atoms with Crippen LogP contribution in [0.15, 0.2) is 36.0 Å². The van der Waals surface area contributed by atoms with Gasteiger partial charge in [-0.15, -0.1) is 0 Å². The Hall–Kier alpha value is -0.540. The second kappa shape index (κ2) is 7.86. The van der Waals surface area contributed by atoms with E-state index >= 15 is 0 Å². The topological polar surface area (TPSA) is 46.2 Å². The Morgan fingerprint density at radius 2 is 1.41 bits per heavy atom. The summed E-state index contributed by atoms with van der Waals surface area (Å²) in [5.41, 5.74) is -0.811. The smallest absolute Gasteiger partial charge is 0.466 e. The second-order valence-electron chi connectivity index (χ2n) is 9.75. The van der Waals surface area contributed by atoms with Gasteiger partial charge in [-0.3, -0.25) is 0 Å². The van der Waals surface area contributed by atoms with Crippen LogP contribution in [0.25, 0.3) is 0 Å². The lowest BCUT2D eigenvalue weighted by molar-refractivity contribution is 0.00578. The first-order valence-electron chi connectivity index (χ1n) is 10.0. The summed E-state index contributed by atoms with van der Waals surface area (Å²) in [5.74, 6) is 0.764. The van der Waals surface area contributed by atoms with Crippen LogP contribution in [-0.2, 0) is 18.6 Å². The number of hydrogen-bond acceptors (Lipinski definition) is 5. The molecule has 2 heterocycles. The lowest BCUT2D eigenvalue weighted by Crippen LogP contribution is -2.41. The van der Waals surface area contributed by atoms with Crippen LogP contribution in [0.4, 0.5) is 0 Å². The number of ether oxygens (including phenoxy) is 1. The van der Waals surface area contributed by atoms with E-state index in [0.29, 0.717) is 6.32 Å². The van der Waals surface area contributed by atoms with Gasteiger partial charge in [0.25, 0.3) is 0 Å². The molecule has 2 fully saturated rings. The van der Waals surface area contributed by atoms with Crippen LogP contribution in [-0.4, -0.2) is 36.6 Å². The highest BCUT2D eigenvalue weighted by Gasteiger charge is 2.55. The number of halogens is 1. The highest BCUT2D eigenvalue weighted by molar-refractivity contribution is 14.1. The Balaban J connectivity index is 1.83. The number of rotatable bonds is 5. The van der Waals surface area contributed by atoms with Crippen molar-refractivity contribution in [2.45, 2.75) is 84.1 Å². The van der Waals surface area contributed by atoms with Gasteiger partial charge in [-0.25, -0.2) is 0 Å². The summed E-state index contributed by atoms with van der Waals surface area (Å²) in [6.45, 7) is 16.4. The molecule has 0 N–H and O–H groups in total. The van der Waals surface area contributed by atoms with E-state index in [-0.39, 0.29) is 0 Å². The summed E-state index contributed by atoms with van der Waals surface area (Å²) >= 11 is 2.27. The standard InChI is InChI=1S/C21H31B2IO5/c1-18(2)19(3,4)27-22(26-18)13-15(14-25-17-11-9-10-16(24)12-17)23-28-20(5,6)21(7,8)29-23/h9-12,14H,13H2,1-8H3/b15-14+. The van der Waals surface area contributed by atoms with Gasteiger partial charge in [0.2, 0.25) is 0 Å². The summed E-state index contributed by atoms with van der Waals surface area (Å²) < 4.78 is 32.0. The number of allylic oxidation sites excluding steroid dienone is 1. The van der Waals surface area contributed by atoms with E-state index in [1.54, 1.807) is 6.26 Å². The van der Waals surface area contributed by atoms with E-state index in [1.165, 1.54) is 0 Å². The molecular formula is C21H31B2IO5. The third-order valence-corrected chi connectivity index (χ3v) is 7.07. The van der Waals surface area contributed by atoms with Gasteiger partial charge in [-0.2, -0.15) is 0 Å². The first-order valence-corrected chi connectivity index (χ1v) is 11.1. The third kappa shape index (κ3) is 4.87. The van der Waals surface area contributed by atoms with E-state index in [4.69, 9.17) is 23.4 Å². The summed E-state index contributed by atoms with van der Waals surface area (Å²) in [7, 11) is -0.924. The minimum absolute atomic E-state index is 0.394. The average Bonchev–Trinajstić information content (AvgIpc) is 2.90. The van der Waals surface area contributed by atoms with Crippen molar-refractivity contribution in [3.63, 3.8) is 0 Å². The lowest BCUT2D eigenvalue weighted by Gasteiger charge is -2.32. The van der Waals surface area contributed by atoms with Gasteiger partial charge in [-0.1, -0.05) is 6.07 Å². The van der Waals surface area contributed by atoms with Gasteiger partial charge in [0, 0.05) is 9.89 Å². The SMILES string of the molecule is CC1(C)OB(C/C(=C\Oc2cccc(I)c2)B2OC(C)(C)C(C)(C)O2)OC1(C)C. The molecule has 0 aromatic heterocycles. The Labute approximate surface area is 189 Å². The van der Waals surface area contributed by atoms with Crippen LogP contribution >= 0.6 is 22.6 Å². The molecule has 2 aliphatic heterocycles. The molecule has 2 saturated heterocycles. The van der Waals surface area contributed by atoms with E-state index < -0.39 is 36.6 Å². The van der Waals surface area contributed by atoms with Crippen molar-refractivity contribution >= 4 is 36.8 Å². The van der Waals surface area contributed by atoms with Crippen LogP contribution in [0.5, 0.6) is 5.75 Å². The monoisotopic (exact) mass is 512 g/mol. The largest absolute Gasteiger partial charge is 0.493 e. The van der Waals surface area contributed by atoms with Gasteiger partial charge < -0.3 is 23.4 Å². The van der Waals surface area contributed by atoms with Gasteiger partial charge in [0.05, 0.1) is 28.7 Å². The Morgan fingerprint density at radius 3 is 1.93 bits per heavy atom. The number of hydrogen-bond donors (Lipinski definition) is 0. The van der Waals surface area contributed by atoms with Crippen molar-refractivity contribution in [2.24, 2.45) is 0 Å². The molecule has 0 radical (unpaired) electrons. The molecule has 8 heteroatoms. The van der Waals surface area contributed by atoms with Crippen LogP contribution in [0, 0.1) is 3.57 Å². The fraction of sp³-hybridized carbons (Fsp3) is 0.619. The maximum atomic E-state index is 6.27. The third-order valence-electron chi connectivity index (χ3n) is 6.40. The van der Waals surface area contributed by atoms with Crippen molar-refractivity contribution in [2.75, 3.05) is 0 Å². The normalized spacial score (nSPS) is 24.8. The minimum atomic E-state index is -0.526. The first kappa shape index (κ1) is 23.1. The molecule has 0 unspecified atom stereocenters. The Morgan fingerprint density at radius 1 is 0.897 bits per heavy atom. The fourth-order valence-electron chi connectivity index (χ4n) is 3.12. The lowest BCUT2D eigenvalue weighted by atomic mass is 9.66. The molecule has 29 heavy (non-hydrogen) atoms. The molecule has 2 aliphatic rings. The summed E-state index contributed by atoms with van der Waals surface area (Å²) in [5, 5.41) is 0. The fourth-order valence-corrected chi connectivity index (χ4v) is 3.63. The highest BCUT2D eigenvalue weighted by atomic mass is 127. The Kier molecular flexibility index (Phi) is 6.27. The van der Waals surface area contributed by atoms with Crippen molar-refractivity contribution in [1.29, 1.82) is 0 Å². The molecule has 1 aromatic rings. The first-order chi connectivity index (χ1) is 13.2. The van der Waals surface area contributed by atoms with E-state index in [1.807, 2.05) is 79.7 Å². The zero-order valence-electron chi connectivity index (χ0n) is 18.7. The Bertz CT molecular complexity index is 759. The molecule has 0 spiro atoms. The van der Waals surface area contributed by atoms with E-state index in [2.05, 4.69) is 22.6 Å². The molecular weight excluding hydrogens is 481 g/mol. The zero-order chi connectivity index (χ0) is 21.7. The van der Waals surface area contributed by atoms with Crippen molar-refractivity contribution < 1.29 is 23.4 Å². The molecule has 3 rings (SSSR count).